The largest absolute Gasteiger partial charge is 0.466 e. The van der Waals surface area contributed by atoms with Gasteiger partial charge in [0.25, 0.3) is 0 Å². The Balaban J connectivity index is 2.33. The number of nitrogens with one attached hydrogen (secondary N) is 1. The van der Waals surface area contributed by atoms with Gasteiger partial charge in [-0.1, -0.05) is 12.1 Å². The predicted molar refractivity (Wildman–Crippen MR) is 61.9 cm³/mol. The van der Waals surface area contributed by atoms with E-state index in [9.17, 15) is 4.79 Å². The number of fused-ring (bicyclic) bond motifs is 1. The average Bonchev–Trinajstić information content (AvgIpc) is 2.67. The fourth-order valence-electron chi connectivity index (χ4n) is 1.50. The molecule has 16 heavy (non-hydrogen) atoms. The number of methoxy groups -OCH3 is 1. The highest BCUT2D eigenvalue weighted by molar-refractivity contribution is 5.89. The second kappa shape index (κ2) is 4.18. The molecule has 4 nitrogen and oxygen atoms in total. The van der Waals surface area contributed by atoms with Crippen molar-refractivity contribution in [1.29, 1.82) is 0 Å². The number of carbonyl (C=O) groups is 1. The van der Waals surface area contributed by atoms with Crippen molar-refractivity contribution >= 4 is 22.9 Å². The van der Waals surface area contributed by atoms with Gasteiger partial charge in [-0.2, -0.15) is 5.10 Å². The van der Waals surface area contributed by atoms with E-state index in [1.165, 1.54) is 13.2 Å². The summed E-state index contributed by atoms with van der Waals surface area (Å²) in [4.78, 5) is 10.9. The fraction of sp³-hybridized carbons (Fsp3) is 0.167. The zero-order chi connectivity index (χ0) is 11.5. The Morgan fingerprint density at radius 1 is 1.50 bits per heavy atom. The number of aryl methyl sites for hydroxylation is 1. The van der Waals surface area contributed by atoms with Crippen LogP contribution in [0, 0.1) is 6.92 Å². The molecule has 0 aliphatic heterocycles. The topological polar surface area (TPSA) is 55.0 Å². The van der Waals surface area contributed by atoms with Crippen LogP contribution >= 0.6 is 0 Å². The number of hydrogen-bond acceptors (Lipinski definition) is 3. The Hall–Kier alpha value is -2.10. The van der Waals surface area contributed by atoms with Crippen molar-refractivity contribution in [2.75, 3.05) is 7.11 Å². The van der Waals surface area contributed by atoms with Crippen LogP contribution in [0.3, 0.4) is 0 Å². The maximum atomic E-state index is 10.9. The molecule has 0 aliphatic carbocycles. The van der Waals surface area contributed by atoms with E-state index in [2.05, 4.69) is 14.9 Å². The van der Waals surface area contributed by atoms with Crippen LogP contribution in [0.5, 0.6) is 0 Å². The van der Waals surface area contributed by atoms with Crippen molar-refractivity contribution in [3.05, 3.63) is 35.5 Å². The minimum atomic E-state index is -0.363. The third-order valence-corrected chi connectivity index (χ3v) is 2.38. The third-order valence-electron chi connectivity index (χ3n) is 2.38. The molecule has 0 radical (unpaired) electrons. The molecule has 2 rings (SSSR count). The van der Waals surface area contributed by atoms with E-state index in [1.54, 1.807) is 6.08 Å². The zero-order valence-electron chi connectivity index (χ0n) is 9.15. The Bertz CT molecular complexity index is 555. The number of rotatable bonds is 2. The number of H-pyrrole nitrogens is 1. The van der Waals surface area contributed by atoms with Gasteiger partial charge in [-0.05, 0) is 24.6 Å². The number of nitrogens with zero attached hydrogens (tertiary/aromatic N) is 1. The van der Waals surface area contributed by atoms with Gasteiger partial charge in [-0.25, -0.2) is 4.79 Å². The lowest BCUT2D eigenvalue weighted by molar-refractivity contribution is -0.134. The van der Waals surface area contributed by atoms with Crippen LogP contribution in [0.4, 0.5) is 0 Å². The summed E-state index contributed by atoms with van der Waals surface area (Å²) in [6.45, 7) is 1.97. The Labute approximate surface area is 92.9 Å². The van der Waals surface area contributed by atoms with Crippen LogP contribution in [0.2, 0.25) is 0 Å². The molecule has 0 aliphatic rings. The normalized spacial score (nSPS) is 11.1. The first-order chi connectivity index (χ1) is 7.70. The Kier molecular flexibility index (Phi) is 2.72. The van der Waals surface area contributed by atoms with E-state index in [0.29, 0.717) is 0 Å². The smallest absolute Gasteiger partial charge is 0.330 e. The molecule has 1 N–H and O–H groups in total. The summed E-state index contributed by atoms with van der Waals surface area (Å²) in [5.74, 6) is -0.363. The molecule has 0 saturated carbocycles. The van der Waals surface area contributed by atoms with Gasteiger partial charge < -0.3 is 4.74 Å². The SMILES string of the molecule is COC(=O)C=Cc1ccc2c(C)[nH]nc2c1. The molecule has 0 unspecified atom stereocenters. The summed E-state index contributed by atoms with van der Waals surface area (Å²) in [5, 5.41) is 8.16. The standard InChI is InChI=1S/C12H12N2O2/c1-8-10-5-3-9(4-6-12(15)16-2)7-11(10)14-13-8/h3-7H,1-2H3,(H,13,14). The molecule has 0 fully saturated rings. The van der Waals surface area contributed by atoms with E-state index >= 15 is 0 Å². The van der Waals surface area contributed by atoms with Crippen molar-refractivity contribution < 1.29 is 9.53 Å². The second-order valence-electron chi connectivity index (χ2n) is 3.48. The highest BCUT2D eigenvalue weighted by atomic mass is 16.5. The fourth-order valence-corrected chi connectivity index (χ4v) is 1.50. The first-order valence-electron chi connectivity index (χ1n) is 4.91. The Morgan fingerprint density at radius 2 is 2.31 bits per heavy atom. The average molecular weight is 216 g/mol. The lowest BCUT2D eigenvalue weighted by Crippen LogP contribution is -1.93. The minimum absolute atomic E-state index is 0.363. The maximum absolute atomic E-state index is 10.9. The lowest BCUT2D eigenvalue weighted by Gasteiger charge is -1.94. The van der Waals surface area contributed by atoms with E-state index < -0.39 is 0 Å². The molecular weight excluding hydrogens is 204 g/mol. The summed E-state index contributed by atoms with van der Waals surface area (Å²) in [5.41, 5.74) is 2.85. The predicted octanol–water partition coefficient (Wildman–Crippen LogP) is 2.06. The second-order valence-corrected chi connectivity index (χ2v) is 3.48. The molecule has 0 amide bonds. The van der Waals surface area contributed by atoms with Crippen molar-refractivity contribution in [3.8, 4) is 0 Å². The van der Waals surface area contributed by atoms with Gasteiger partial charge in [0.05, 0.1) is 12.6 Å². The molecular formula is C12H12N2O2. The van der Waals surface area contributed by atoms with Crippen LogP contribution in [-0.2, 0) is 9.53 Å². The van der Waals surface area contributed by atoms with Crippen molar-refractivity contribution in [2.45, 2.75) is 6.92 Å². The van der Waals surface area contributed by atoms with Gasteiger partial charge in [0.2, 0.25) is 0 Å². The van der Waals surface area contributed by atoms with E-state index in [0.717, 1.165) is 22.2 Å². The zero-order valence-corrected chi connectivity index (χ0v) is 9.15. The molecule has 2 aromatic rings. The van der Waals surface area contributed by atoms with Gasteiger partial charge in [-0.15, -0.1) is 0 Å². The quantitative estimate of drug-likeness (QED) is 0.617. The van der Waals surface area contributed by atoms with E-state index in [4.69, 9.17) is 0 Å². The number of carbonyl (C=O) groups excluding carboxylic acids is 1. The van der Waals surface area contributed by atoms with Gasteiger partial charge >= 0.3 is 5.97 Å². The van der Waals surface area contributed by atoms with Crippen LogP contribution in [-0.4, -0.2) is 23.3 Å². The first-order valence-corrected chi connectivity index (χ1v) is 4.91. The summed E-state index contributed by atoms with van der Waals surface area (Å²) in [7, 11) is 1.35. The lowest BCUT2D eigenvalue weighted by atomic mass is 10.1. The molecule has 0 bridgehead atoms. The molecule has 4 heteroatoms. The molecule has 82 valence electrons. The number of ether oxygens (including phenoxy) is 1. The molecule has 1 aromatic heterocycles. The van der Waals surface area contributed by atoms with E-state index in [-0.39, 0.29) is 5.97 Å². The van der Waals surface area contributed by atoms with Crippen molar-refractivity contribution in [1.82, 2.24) is 10.2 Å². The maximum Gasteiger partial charge on any atom is 0.330 e. The first kappa shape index (κ1) is 10.4. The van der Waals surface area contributed by atoms with Gasteiger partial charge in [0.1, 0.15) is 0 Å². The highest BCUT2D eigenvalue weighted by Crippen LogP contribution is 2.17. The third kappa shape index (κ3) is 1.95. The molecule has 0 spiro atoms. The summed E-state index contributed by atoms with van der Waals surface area (Å²) >= 11 is 0. The van der Waals surface area contributed by atoms with Crippen LogP contribution in [0.15, 0.2) is 24.3 Å². The van der Waals surface area contributed by atoms with Gasteiger partial charge in [0, 0.05) is 17.2 Å². The Morgan fingerprint density at radius 3 is 3.06 bits per heavy atom. The number of esters is 1. The van der Waals surface area contributed by atoms with Crippen LogP contribution in [0.1, 0.15) is 11.3 Å². The number of aromatic amines is 1. The van der Waals surface area contributed by atoms with Gasteiger partial charge in [0.15, 0.2) is 0 Å². The van der Waals surface area contributed by atoms with Crippen LogP contribution in [0.25, 0.3) is 17.0 Å². The van der Waals surface area contributed by atoms with Gasteiger partial charge in [-0.3, -0.25) is 5.10 Å². The molecule has 0 saturated heterocycles. The number of aromatic nitrogens is 2. The summed E-state index contributed by atoms with van der Waals surface area (Å²) in [6, 6.07) is 5.83. The summed E-state index contributed by atoms with van der Waals surface area (Å²) in [6.07, 6.45) is 3.09. The minimum Gasteiger partial charge on any atom is -0.466 e. The van der Waals surface area contributed by atoms with Crippen LogP contribution < -0.4 is 0 Å². The van der Waals surface area contributed by atoms with Crippen molar-refractivity contribution in [2.24, 2.45) is 0 Å². The molecule has 1 aromatic carbocycles. The number of hydrogen-bond donors (Lipinski definition) is 1. The summed E-state index contributed by atoms with van der Waals surface area (Å²) < 4.78 is 4.52. The molecule has 1 heterocycles. The monoisotopic (exact) mass is 216 g/mol. The van der Waals surface area contributed by atoms with E-state index in [1.807, 2.05) is 25.1 Å². The highest BCUT2D eigenvalue weighted by Gasteiger charge is 2.01. The van der Waals surface area contributed by atoms with Crippen molar-refractivity contribution in [3.63, 3.8) is 0 Å². The molecule has 0 atom stereocenters. The number of benzene rings is 1.